The van der Waals surface area contributed by atoms with Crippen molar-refractivity contribution in [3.8, 4) is 0 Å². The zero-order valence-corrected chi connectivity index (χ0v) is 12.8. The highest BCUT2D eigenvalue weighted by Gasteiger charge is 2.29. The topological polar surface area (TPSA) is 24.9 Å². The number of rotatable bonds is 8. The Kier molecular flexibility index (Phi) is 5.19. The van der Waals surface area contributed by atoms with Gasteiger partial charge in [0.05, 0.1) is 10.7 Å². The number of nitrogens with zero attached hydrogens (tertiary/aromatic N) is 1. The molecular formula is C15H26N2S. The Morgan fingerprint density at radius 1 is 1.39 bits per heavy atom. The molecule has 18 heavy (non-hydrogen) atoms. The summed E-state index contributed by atoms with van der Waals surface area (Å²) >= 11 is 1.94. The second-order valence-corrected chi connectivity index (χ2v) is 6.99. The van der Waals surface area contributed by atoms with Crippen LogP contribution in [0.15, 0.2) is 0 Å². The Morgan fingerprint density at radius 2 is 2.17 bits per heavy atom. The smallest absolute Gasteiger partial charge is 0.0934 e. The fourth-order valence-electron chi connectivity index (χ4n) is 2.16. The predicted octanol–water partition coefficient (Wildman–Crippen LogP) is 4.11. The van der Waals surface area contributed by atoms with E-state index < -0.39 is 0 Å². The van der Waals surface area contributed by atoms with Crippen LogP contribution < -0.4 is 5.32 Å². The second-order valence-electron chi connectivity index (χ2n) is 5.82. The fourth-order valence-corrected chi connectivity index (χ4v) is 3.49. The molecule has 0 radical (unpaired) electrons. The first-order valence-corrected chi connectivity index (χ1v) is 8.21. The van der Waals surface area contributed by atoms with Crippen molar-refractivity contribution in [2.24, 2.45) is 5.92 Å². The van der Waals surface area contributed by atoms with E-state index in [4.69, 9.17) is 4.98 Å². The lowest BCUT2D eigenvalue weighted by molar-refractivity contribution is 0.639. The van der Waals surface area contributed by atoms with Crippen molar-refractivity contribution in [1.29, 1.82) is 0 Å². The van der Waals surface area contributed by atoms with Crippen molar-refractivity contribution in [2.75, 3.05) is 6.54 Å². The summed E-state index contributed by atoms with van der Waals surface area (Å²) in [5, 5.41) is 4.91. The van der Waals surface area contributed by atoms with Gasteiger partial charge in [0.25, 0.3) is 0 Å². The zero-order chi connectivity index (χ0) is 13.0. The molecule has 3 heteroatoms. The first kappa shape index (κ1) is 14.0. The van der Waals surface area contributed by atoms with Gasteiger partial charge < -0.3 is 5.32 Å². The molecule has 102 valence electrons. The van der Waals surface area contributed by atoms with Crippen LogP contribution in [0.2, 0.25) is 0 Å². The molecule has 0 unspecified atom stereocenters. The van der Waals surface area contributed by atoms with E-state index >= 15 is 0 Å². The van der Waals surface area contributed by atoms with E-state index in [9.17, 15) is 0 Å². The molecule has 1 aromatic rings. The molecule has 2 rings (SSSR count). The summed E-state index contributed by atoms with van der Waals surface area (Å²) in [7, 11) is 0. The van der Waals surface area contributed by atoms with E-state index in [1.165, 1.54) is 41.3 Å². The lowest BCUT2D eigenvalue weighted by Crippen LogP contribution is -2.14. The maximum Gasteiger partial charge on any atom is 0.0934 e. The van der Waals surface area contributed by atoms with Crippen LogP contribution >= 0.6 is 11.3 Å². The lowest BCUT2D eigenvalue weighted by Gasteiger charge is -2.03. The summed E-state index contributed by atoms with van der Waals surface area (Å²) in [5.74, 6) is 1.49. The van der Waals surface area contributed by atoms with Gasteiger partial charge in [-0.1, -0.05) is 27.2 Å². The minimum atomic E-state index is 0.712. The van der Waals surface area contributed by atoms with E-state index in [0.29, 0.717) is 5.92 Å². The summed E-state index contributed by atoms with van der Waals surface area (Å²) in [6.45, 7) is 8.96. The molecule has 1 aliphatic carbocycles. The van der Waals surface area contributed by atoms with Crippen LogP contribution in [-0.2, 0) is 13.0 Å². The zero-order valence-electron chi connectivity index (χ0n) is 12.0. The molecule has 1 aliphatic rings. The van der Waals surface area contributed by atoms with Crippen LogP contribution in [0.1, 0.15) is 68.0 Å². The lowest BCUT2D eigenvalue weighted by atomic mass is 10.1. The molecule has 0 aromatic carbocycles. The van der Waals surface area contributed by atoms with Crippen molar-refractivity contribution >= 4 is 11.3 Å². The number of unbranched alkanes of at least 4 members (excludes halogenated alkanes) is 1. The maximum absolute atomic E-state index is 4.89. The van der Waals surface area contributed by atoms with E-state index in [1.807, 2.05) is 11.3 Å². The van der Waals surface area contributed by atoms with Gasteiger partial charge in [0.2, 0.25) is 0 Å². The molecular weight excluding hydrogens is 240 g/mol. The Balaban J connectivity index is 1.95. The van der Waals surface area contributed by atoms with Gasteiger partial charge in [-0.3, -0.25) is 0 Å². The highest BCUT2D eigenvalue weighted by atomic mass is 32.1. The molecule has 1 saturated carbocycles. The second kappa shape index (κ2) is 6.67. The Bertz CT molecular complexity index is 367. The Hall–Kier alpha value is -0.410. The van der Waals surface area contributed by atoms with Crippen molar-refractivity contribution in [3.05, 3.63) is 15.6 Å². The third-order valence-electron chi connectivity index (χ3n) is 3.31. The summed E-state index contributed by atoms with van der Waals surface area (Å²) in [6.07, 6.45) is 6.39. The van der Waals surface area contributed by atoms with Gasteiger partial charge in [-0.25, -0.2) is 4.98 Å². The quantitative estimate of drug-likeness (QED) is 0.716. The highest BCUT2D eigenvalue weighted by molar-refractivity contribution is 7.11. The molecule has 2 nitrogen and oxygen atoms in total. The van der Waals surface area contributed by atoms with Crippen LogP contribution in [0.25, 0.3) is 0 Å². The van der Waals surface area contributed by atoms with Gasteiger partial charge >= 0.3 is 0 Å². The first-order chi connectivity index (χ1) is 8.70. The van der Waals surface area contributed by atoms with Gasteiger partial charge in [0.1, 0.15) is 0 Å². The summed E-state index contributed by atoms with van der Waals surface area (Å²) in [5.41, 5.74) is 1.42. The van der Waals surface area contributed by atoms with Gasteiger partial charge in [-0.05, 0) is 31.7 Å². The van der Waals surface area contributed by atoms with E-state index in [0.717, 1.165) is 25.4 Å². The van der Waals surface area contributed by atoms with Crippen molar-refractivity contribution in [2.45, 2.75) is 65.3 Å². The number of aromatic nitrogens is 1. The third-order valence-corrected chi connectivity index (χ3v) is 4.40. The van der Waals surface area contributed by atoms with E-state index in [2.05, 4.69) is 26.1 Å². The number of hydrogen-bond acceptors (Lipinski definition) is 3. The maximum atomic E-state index is 4.89. The predicted molar refractivity (Wildman–Crippen MR) is 79.2 cm³/mol. The molecule has 0 spiro atoms. The first-order valence-electron chi connectivity index (χ1n) is 7.39. The standard InChI is InChI=1S/C15H26N2S/c1-4-5-8-16-10-13-15(12-6-7-12)17-14(18-13)9-11(2)3/h11-12,16H,4-10H2,1-3H3. The monoisotopic (exact) mass is 266 g/mol. The van der Waals surface area contributed by atoms with Gasteiger partial charge in [0, 0.05) is 23.8 Å². The summed E-state index contributed by atoms with van der Waals surface area (Å²) in [4.78, 5) is 6.39. The normalized spacial score (nSPS) is 15.6. The SMILES string of the molecule is CCCCNCc1sc(CC(C)C)nc1C1CC1. The molecule has 0 amide bonds. The number of nitrogens with one attached hydrogen (secondary N) is 1. The Morgan fingerprint density at radius 3 is 2.78 bits per heavy atom. The Labute approximate surface area is 115 Å². The van der Waals surface area contributed by atoms with Crippen molar-refractivity contribution < 1.29 is 0 Å². The largest absolute Gasteiger partial charge is 0.312 e. The average molecular weight is 266 g/mol. The van der Waals surface area contributed by atoms with E-state index in [-0.39, 0.29) is 0 Å². The molecule has 1 fully saturated rings. The van der Waals surface area contributed by atoms with Crippen LogP contribution in [0.4, 0.5) is 0 Å². The van der Waals surface area contributed by atoms with Gasteiger partial charge in [0.15, 0.2) is 0 Å². The molecule has 0 atom stereocenters. The number of hydrogen-bond donors (Lipinski definition) is 1. The van der Waals surface area contributed by atoms with Crippen LogP contribution in [0.5, 0.6) is 0 Å². The van der Waals surface area contributed by atoms with Crippen molar-refractivity contribution in [3.63, 3.8) is 0 Å². The molecule has 0 bridgehead atoms. The molecule has 1 N–H and O–H groups in total. The van der Waals surface area contributed by atoms with Gasteiger partial charge in [-0.2, -0.15) is 0 Å². The third kappa shape index (κ3) is 4.06. The molecule has 1 aromatic heterocycles. The molecule has 1 heterocycles. The van der Waals surface area contributed by atoms with E-state index in [1.54, 1.807) is 0 Å². The van der Waals surface area contributed by atoms with Crippen LogP contribution in [0, 0.1) is 5.92 Å². The van der Waals surface area contributed by atoms with Gasteiger partial charge in [-0.15, -0.1) is 11.3 Å². The number of thiazole rings is 1. The molecule has 0 saturated heterocycles. The minimum absolute atomic E-state index is 0.712. The summed E-state index contributed by atoms with van der Waals surface area (Å²) < 4.78 is 0. The summed E-state index contributed by atoms with van der Waals surface area (Å²) in [6, 6.07) is 0. The molecule has 0 aliphatic heterocycles. The minimum Gasteiger partial charge on any atom is -0.312 e. The van der Waals surface area contributed by atoms with Crippen LogP contribution in [-0.4, -0.2) is 11.5 Å². The fraction of sp³-hybridized carbons (Fsp3) is 0.800. The van der Waals surface area contributed by atoms with Crippen molar-refractivity contribution in [1.82, 2.24) is 10.3 Å². The average Bonchev–Trinajstić information content (AvgIpc) is 3.08. The highest BCUT2D eigenvalue weighted by Crippen LogP contribution is 2.42. The van der Waals surface area contributed by atoms with Crippen LogP contribution in [0.3, 0.4) is 0 Å².